The van der Waals surface area contributed by atoms with Gasteiger partial charge < -0.3 is 19.7 Å². The third-order valence-electron chi connectivity index (χ3n) is 10.7. The van der Waals surface area contributed by atoms with Crippen molar-refractivity contribution in [3.05, 3.63) is 0 Å². The van der Waals surface area contributed by atoms with Gasteiger partial charge in [0.25, 0.3) is 0 Å². The Morgan fingerprint density at radius 3 is 2.44 bits per heavy atom. The van der Waals surface area contributed by atoms with Crippen molar-refractivity contribution in [2.45, 2.75) is 97.4 Å². The van der Waals surface area contributed by atoms with Gasteiger partial charge in [0, 0.05) is 30.6 Å². The number of esters is 2. The Hall–Kier alpha value is -1.47. The molecule has 11 atom stereocenters. The quantitative estimate of drug-likeness (QED) is 0.584. The molecule has 0 amide bonds. The SMILES string of the molecule is COC(=O)CC[C@@H](C)[C@H]1CC[C@H]2[C@@H]3C(=O)C(O)C4CC(O)CC[C@]4(C)[C@H]3CC(OC(C)=O)[C@]12C. The lowest BCUT2D eigenvalue weighted by Crippen LogP contribution is -2.65. The molecule has 0 bridgehead atoms. The number of aliphatic hydroxyl groups excluding tert-OH is 2. The van der Waals surface area contributed by atoms with Crippen LogP contribution in [0.2, 0.25) is 0 Å². The molecule has 0 aliphatic heterocycles. The van der Waals surface area contributed by atoms with Crippen molar-refractivity contribution in [3.63, 3.8) is 0 Å². The van der Waals surface area contributed by atoms with Crippen LogP contribution in [0.5, 0.6) is 0 Å². The molecule has 0 heterocycles. The van der Waals surface area contributed by atoms with E-state index in [0.717, 1.165) is 19.3 Å². The van der Waals surface area contributed by atoms with Crippen molar-refractivity contribution in [2.24, 2.45) is 46.3 Å². The molecule has 7 heteroatoms. The van der Waals surface area contributed by atoms with Crippen LogP contribution in [0.4, 0.5) is 0 Å². The van der Waals surface area contributed by atoms with Gasteiger partial charge in [-0.15, -0.1) is 0 Å². The van der Waals surface area contributed by atoms with Crippen molar-refractivity contribution >= 4 is 17.7 Å². The summed E-state index contributed by atoms with van der Waals surface area (Å²) in [6, 6.07) is 0. The van der Waals surface area contributed by atoms with Gasteiger partial charge >= 0.3 is 11.9 Å². The van der Waals surface area contributed by atoms with E-state index in [1.165, 1.54) is 14.0 Å². The number of aliphatic hydroxyl groups is 2. The number of fused-ring (bicyclic) bond motifs is 5. The summed E-state index contributed by atoms with van der Waals surface area (Å²) in [5.41, 5.74) is -0.666. The minimum absolute atomic E-state index is 0.0208. The first kappa shape index (κ1) is 25.6. The van der Waals surface area contributed by atoms with Gasteiger partial charge in [-0.25, -0.2) is 0 Å². The van der Waals surface area contributed by atoms with Crippen LogP contribution in [-0.2, 0) is 23.9 Å². The summed E-state index contributed by atoms with van der Waals surface area (Å²) in [7, 11) is 1.40. The van der Waals surface area contributed by atoms with Crippen molar-refractivity contribution in [1.82, 2.24) is 0 Å². The van der Waals surface area contributed by atoms with Gasteiger partial charge in [-0.1, -0.05) is 20.8 Å². The standard InChI is InChI=1S/C27H42O7/c1-14(6-9-22(30)33-5)17-7-8-18-23-19(13-21(27(17,18)4)34-15(2)28)26(3)11-10-16(29)12-20(26)24(31)25(23)32/h14,16-21,23-24,29,31H,6-13H2,1-5H3/t14-,16?,17-,18+,19+,20?,21?,23+,24?,26-,27-/m1/s1. The number of methoxy groups -OCH3 is 1. The largest absolute Gasteiger partial charge is 0.469 e. The zero-order valence-electron chi connectivity index (χ0n) is 21.3. The Labute approximate surface area is 203 Å². The molecule has 192 valence electrons. The first-order valence-corrected chi connectivity index (χ1v) is 13.1. The second-order valence-electron chi connectivity index (χ2n) is 12.1. The molecule has 0 radical (unpaired) electrons. The Morgan fingerprint density at radius 1 is 1.09 bits per heavy atom. The molecule has 34 heavy (non-hydrogen) atoms. The molecule has 0 spiro atoms. The van der Waals surface area contributed by atoms with E-state index in [1.807, 2.05) is 0 Å². The highest BCUT2D eigenvalue weighted by molar-refractivity contribution is 5.87. The van der Waals surface area contributed by atoms with Crippen molar-refractivity contribution in [2.75, 3.05) is 7.11 Å². The zero-order chi connectivity index (χ0) is 25.0. The van der Waals surface area contributed by atoms with Crippen LogP contribution in [0.3, 0.4) is 0 Å². The van der Waals surface area contributed by atoms with Crippen molar-refractivity contribution in [1.29, 1.82) is 0 Å². The fourth-order valence-electron chi connectivity index (χ4n) is 8.90. The Bertz CT molecular complexity index is 826. The lowest BCUT2D eigenvalue weighted by Gasteiger charge is -2.62. The highest BCUT2D eigenvalue weighted by atomic mass is 16.5. The highest BCUT2D eigenvalue weighted by Crippen LogP contribution is 2.68. The van der Waals surface area contributed by atoms with Crippen LogP contribution in [-0.4, -0.2) is 53.4 Å². The van der Waals surface area contributed by atoms with Gasteiger partial charge in [-0.2, -0.15) is 0 Å². The molecule has 4 rings (SSSR count). The number of carbonyl (C=O) groups excluding carboxylic acids is 3. The van der Waals surface area contributed by atoms with E-state index in [1.54, 1.807) is 0 Å². The molecule has 0 aromatic heterocycles. The van der Waals surface area contributed by atoms with E-state index in [4.69, 9.17) is 9.47 Å². The van der Waals surface area contributed by atoms with E-state index in [0.29, 0.717) is 32.1 Å². The lowest BCUT2D eigenvalue weighted by molar-refractivity contribution is -0.209. The van der Waals surface area contributed by atoms with Crippen LogP contribution >= 0.6 is 0 Å². The molecule has 2 N–H and O–H groups in total. The average Bonchev–Trinajstić information content (AvgIpc) is 3.15. The molecule has 4 unspecified atom stereocenters. The third kappa shape index (κ3) is 3.91. The maximum atomic E-state index is 13.7. The molecule has 4 saturated carbocycles. The van der Waals surface area contributed by atoms with Gasteiger partial charge in [-0.3, -0.25) is 14.4 Å². The number of Topliss-reactive ketones (excluding diaryl/α,β-unsaturated/α-hetero) is 1. The average molecular weight is 479 g/mol. The lowest BCUT2D eigenvalue weighted by atomic mass is 9.42. The fraction of sp³-hybridized carbons (Fsp3) is 0.889. The molecular weight excluding hydrogens is 436 g/mol. The van der Waals surface area contributed by atoms with Crippen molar-refractivity contribution < 1.29 is 34.1 Å². The summed E-state index contributed by atoms with van der Waals surface area (Å²) in [6.07, 6.45) is 3.44. The Morgan fingerprint density at radius 2 is 1.79 bits per heavy atom. The normalized spacial score (nSPS) is 46.6. The van der Waals surface area contributed by atoms with E-state index in [-0.39, 0.29) is 64.7 Å². The molecule has 0 aromatic rings. The van der Waals surface area contributed by atoms with E-state index in [9.17, 15) is 24.6 Å². The molecule has 0 saturated heterocycles. The van der Waals surface area contributed by atoms with Crippen LogP contribution < -0.4 is 0 Å². The summed E-state index contributed by atoms with van der Waals surface area (Å²) in [5.74, 6) is -0.682. The van der Waals surface area contributed by atoms with Crippen LogP contribution in [0.15, 0.2) is 0 Å². The van der Waals surface area contributed by atoms with Gasteiger partial charge in [0.05, 0.1) is 13.2 Å². The topological polar surface area (TPSA) is 110 Å². The Balaban J connectivity index is 1.70. The first-order valence-electron chi connectivity index (χ1n) is 13.1. The summed E-state index contributed by atoms with van der Waals surface area (Å²) in [4.78, 5) is 37.7. The summed E-state index contributed by atoms with van der Waals surface area (Å²) in [6.45, 7) is 7.95. The van der Waals surface area contributed by atoms with Gasteiger partial charge in [0.15, 0.2) is 5.78 Å². The molecule has 7 nitrogen and oxygen atoms in total. The van der Waals surface area contributed by atoms with Crippen molar-refractivity contribution in [3.8, 4) is 0 Å². The number of carbonyl (C=O) groups is 3. The highest BCUT2D eigenvalue weighted by Gasteiger charge is 2.68. The zero-order valence-corrected chi connectivity index (χ0v) is 21.3. The predicted molar refractivity (Wildman–Crippen MR) is 124 cm³/mol. The minimum atomic E-state index is -1.05. The van der Waals surface area contributed by atoms with Crippen LogP contribution in [0.1, 0.15) is 79.1 Å². The van der Waals surface area contributed by atoms with Gasteiger partial charge in [0.1, 0.15) is 12.2 Å². The third-order valence-corrected chi connectivity index (χ3v) is 10.7. The van der Waals surface area contributed by atoms with Crippen LogP contribution in [0, 0.1) is 46.3 Å². The number of hydrogen-bond acceptors (Lipinski definition) is 7. The van der Waals surface area contributed by atoms with Gasteiger partial charge in [-0.05, 0) is 74.0 Å². The number of rotatable bonds is 5. The van der Waals surface area contributed by atoms with E-state index >= 15 is 0 Å². The monoisotopic (exact) mass is 478 g/mol. The predicted octanol–water partition coefficient (Wildman–Crippen LogP) is 3.29. The number of hydrogen-bond donors (Lipinski definition) is 2. The maximum absolute atomic E-state index is 13.7. The molecule has 0 aromatic carbocycles. The second kappa shape index (κ2) is 9.20. The summed E-state index contributed by atoms with van der Waals surface area (Å²) >= 11 is 0. The Kier molecular flexibility index (Phi) is 6.93. The van der Waals surface area contributed by atoms with Gasteiger partial charge in [0.2, 0.25) is 0 Å². The maximum Gasteiger partial charge on any atom is 0.305 e. The number of ether oxygens (including phenoxy) is 2. The number of ketones is 1. The minimum Gasteiger partial charge on any atom is -0.469 e. The fourth-order valence-corrected chi connectivity index (χ4v) is 8.90. The molecule has 4 fully saturated rings. The first-order chi connectivity index (χ1) is 15.9. The van der Waals surface area contributed by atoms with Crippen LogP contribution in [0.25, 0.3) is 0 Å². The van der Waals surface area contributed by atoms with E-state index < -0.39 is 17.6 Å². The van der Waals surface area contributed by atoms with E-state index in [2.05, 4.69) is 20.8 Å². The summed E-state index contributed by atoms with van der Waals surface area (Å²) in [5, 5.41) is 21.5. The second-order valence-corrected chi connectivity index (χ2v) is 12.1. The molecular formula is C27H42O7. The molecule has 4 aliphatic rings. The summed E-state index contributed by atoms with van der Waals surface area (Å²) < 4.78 is 10.9. The smallest absolute Gasteiger partial charge is 0.305 e. The molecule has 4 aliphatic carbocycles.